The highest BCUT2D eigenvalue weighted by atomic mass is 19.1. The molecule has 4 heterocycles. The molecule has 2 aliphatic heterocycles. The molecule has 0 fully saturated rings. The van der Waals surface area contributed by atoms with Gasteiger partial charge in [0.15, 0.2) is 0 Å². The lowest BCUT2D eigenvalue weighted by molar-refractivity contribution is 0.216. The van der Waals surface area contributed by atoms with Gasteiger partial charge in [0, 0.05) is 55.6 Å². The molecule has 0 spiro atoms. The third-order valence-corrected chi connectivity index (χ3v) is 7.11. The van der Waals surface area contributed by atoms with Gasteiger partial charge in [-0.25, -0.2) is 9.37 Å². The van der Waals surface area contributed by atoms with Crippen molar-refractivity contribution in [2.24, 2.45) is 0 Å². The Balaban J connectivity index is 1.35. The number of fused-ring (bicyclic) bond motifs is 2. The molecule has 0 amide bonds. The van der Waals surface area contributed by atoms with Crippen molar-refractivity contribution >= 4 is 0 Å². The van der Waals surface area contributed by atoms with Crippen molar-refractivity contribution in [1.82, 2.24) is 19.4 Å². The van der Waals surface area contributed by atoms with E-state index in [2.05, 4.69) is 32.7 Å². The van der Waals surface area contributed by atoms with E-state index < -0.39 is 0 Å². The zero-order valence-electron chi connectivity index (χ0n) is 19.2. The van der Waals surface area contributed by atoms with Crippen molar-refractivity contribution in [3.05, 3.63) is 89.8 Å². The highest BCUT2D eigenvalue weighted by Crippen LogP contribution is 2.40. The quantitative estimate of drug-likeness (QED) is 0.410. The highest BCUT2D eigenvalue weighted by molar-refractivity contribution is 5.79. The molecule has 0 N–H and O–H groups in total. The number of aryl methyl sites for hydroxylation is 1. The summed E-state index contributed by atoms with van der Waals surface area (Å²) >= 11 is 0. The monoisotopic (exact) mass is 454 g/mol. The Bertz CT molecular complexity index is 1320. The molecule has 2 aliphatic rings. The lowest BCUT2D eigenvalue weighted by Crippen LogP contribution is -2.35. The van der Waals surface area contributed by atoms with Crippen LogP contribution in [0.5, 0.6) is 5.75 Å². The fourth-order valence-electron chi connectivity index (χ4n) is 5.52. The number of imidazole rings is 1. The predicted molar refractivity (Wildman–Crippen MR) is 130 cm³/mol. The summed E-state index contributed by atoms with van der Waals surface area (Å²) < 4.78 is 21.6. The van der Waals surface area contributed by atoms with E-state index in [1.807, 2.05) is 36.7 Å². The van der Waals surface area contributed by atoms with E-state index in [1.165, 1.54) is 23.3 Å². The molecule has 6 heteroatoms. The van der Waals surface area contributed by atoms with E-state index in [1.54, 1.807) is 7.11 Å². The van der Waals surface area contributed by atoms with Crippen LogP contribution in [-0.4, -0.2) is 39.6 Å². The van der Waals surface area contributed by atoms with Gasteiger partial charge in [-0.05, 0) is 66.4 Å². The van der Waals surface area contributed by atoms with Gasteiger partial charge in [0.2, 0.25) is 0 Å². The van der Waals surface area contributed by atoms with Gasteiger partial charge in [-0.15, -0.1) is 0 Å². The number of aromatic nitrogens is 3. The van der Waals surface area contributed by atoms with Gasteiger partial charge in [-0.2, -0.15) is 0 Å². The number of hydrogen-bond acceptors (Lipinski definition) is 4. The summed E-state index contributed by atoms with van der Waals surface area (Å²) in [5, 5.41) is 0. The fraction of sp³-hybridized carbons (Fsp3) is 0.286. The molecular formula is C28H27FN4O. The first kappa shape index (κ1) is 21.1. The standard InChI is InChI=1S/C28H27FN4O/c1-34-25-4-2-3-21-17-32(16-13-24(21)25)18-23-9-10-26-31-27(19-5-7-22(29)8-6-19)28(33(23)26)20-11-14-30-15-12-20/h2-8,11-12,14-15,23H,9-10,13,16-18H2,1H3. The minimum atomic E-state index is -0.235. The number of methoxy groups -OCH3 is 1. The van der Waals surface area contributed by atoms with Gasteiger partial charge in [-0.3, -0.25) is 9.88 Å². The number of hydrogen-bond donors (Lipinski definition) is 0. The Morgan fingerprint density at radius 1 is 1.00 bits per heavy atom. The van der Waals surface area contributed by atoms with E-state index in [-0.39, 0.29) is 5.82 Å². The topological polar surface area (TPSA) is 43.2 Å². The lowest BCUT2D eigenvalue weighted by atomic mass is 9.98. The summed E-state index contributed by atoms with van der Waals surface area (Å²) in [6.45, 7) is 2.92. The SMILES string of the molecule is COc1cccc2c1CCN(CC1CCc3nc(-c4ccc(F)cc4)c(-c4ccncc4)n31)C2. The molecule has 5 nitrogen and oxygen atoms in total. The van der Waals surface area contributed by atoms with Crippen molar-refractivity contribution in [3.8, 4) is 28.3 Å². The predicted octanol–water partition coefficient (Wildman–Crippen LogP) is 5.31. The van der Waals surface area contributed by atoms with Crippen molar-refractivity contribution in [2.75, 3.05) is 20.2 Å². The molecule has 1 atom stereocenters. The molecule has 172 valence electrons. The van der Waals surface area contributed by atoms with E-state index in [9.17, 15) is 4.39 Å². The number of nitrogens with zero attached hydrogens (tertiary/aromatic N) is 4. The van der Waals surface area contributed by atoms with E-state index in [0.717, 1.165) is 73.0 Å². The maximum absolute atomic E-state index is 13.6. The summed E-state index contributed by atoms with van der Waals surface area (Å²) in [6, 6.07) is 17.4. The average molecular weight is 455 g/mol. The van der Waals surface area contributed by atoms with Crippen LogP contribution >= 0.6 is 0 Å². The second kappa shape index (κ2) is 8.69. The Hall–Kier alpha value is -3.51. The molecule has 4 aromatic rings. The molecule has 6 rings (SSSR count). The second-order valence-electron chi connectivity index (χ2n) is 9.11. The third kappa shape index (κ3) is 3.68. The third-order valence-electron chi connectivity index (χ3n) is 7.11. The summed E-state index contributed by atoms with van der Waals surface area (Å²) in [6.07, 6.45) is 6.67. The van der Waals surface area contributed by atoms with Gasteiger partial charge in [0.25, 0.3) is 0 Å². The second-order valence-corrected chi connectivity index (χ2v) is 9.11. The number of rotatable bonds is 5. The minimum Gasteiger partial charge on any atom is -0.496 e. The average Bonchev–Trinajstić information content (AvgIpc) is 3.44. The lowest BCUT2D eigenvalue weighted by Gasteiger charge is -2.32. The summed E-state index contributed by atoms with van der Waals surface area (Å²) in [7, 11) is 1.75. The Labute approximate surface area is 198 Å². The van der Waals surface area contributed by atoms with Crippen molar-refractivity contribution in [1.29, 1.82) is 0 Å². The first-order valence-electron chi connectivity index (χ1n) is 11.9. The van der Waals surface area contributed by atoms with Crippen molar-refractivity contribution < 1.29 is 9.13 Å². The maximum Gasteiger partial charge on any atom is 0.123 e. The van der Waals surface area contributed by atoms with Gasteiger partial charge >= 0.3 is 0 Å². The van der Waals surface area contributed by atoms with Crippen LogP contribution in [0.1, 0.15) is 29.4 Å². The first-order valence-corrected chi connectivity index (χ1v) is 11.9. The summed E-state index contributed by atoms with van der Waals surface area (Å²) in [5.74, 6) is 1.87. The van der Waals surface area contributed by atoms with E-state index in [0.29, 0.717) is 6.04 Å². The Morgan fingerprint density at radius 2 is 1.82 bits per heavy atom. The molecule has 1 unspecified atom stereocenters. The van der Waals surface area contributed by atoms with Crippen LogP contribution in [0.3, 0.4) is 0 Å². The summed E-state index contributed by atoms with van der Waals surface area (Å²) in [5.41, 5.74) is 6.75. The van der Waals surface area contributed by atoms with Gasteiger partial charge in [0.1, 0.15) is 17.4 Å². The van der Waals surface area contributed by atoms with E-state index >= 15 is 0 Å². The van der Waals surface area contributed by atoms with Crippen molar-refractivity contribution in [2.45, 2.75) is 31.8 Å². The molecule has 0 saturated heterocycles. The molecular weight excluding hydrogens is 427 g/mol. The zero-order valence-corrected chi connectivity index (χ0v) is 19.2. The number of benzene rings is 2. The van der Waals surface area contributed by atoms with Crippen LogP contribution in [0.4, 0.5) is 4.39 Å². The minimum absolute atomic E-state index is 0.235. The van der Waals surface area contributed by atoms with Crippen LogP contribution in [0, 0.1) is 5.82 Å². The molecule has 2 aromatic heterocycles. The summed E-state index contributed by atoms with van der Waals surface area (Å²) in [4.78, 5) is 11.8. The highest BCUT2D eigenvalue weighted by Gasteiger charge is 2.32. The van der Waals surface area contributed by atoms with Crippen LogP contribution in [-0.2, 0) is 19.4 Å². The van der Waals surface area contributed by atoms with Crippen LogP contribution < -0.4 is 4.74 Å². The molecule has 0 aliphatic carbocycles. The van der Waals surface area contributed by atoms with Crippen LogP contribution in [0.15, 0.2) is 67.0 Å². The Kier molecular flexibility index (Phi) is 5.38. The molecule has 34 heavy (non-hydrogen) atoms. The number of pyridine rings is 1. The van der Waals surface area contributed by atoms with Crippen LogP contribution in [0.2, 0.25) is 0 Å². The molecule has 0 bridgehead atoms. The maximum atomic E-state index is 13.6. The van der Waals surface area contributed by atoms with Gasteiger partial charge in [-0.1, -0.05) is 12.1 Å². The fourth-order valence-corrected chi connectivity index (χ4v) is 5.52. The number of ether oxygens (including phenoxy) is 1. The molecule has 2 aromatic carbocycles. The normalized spacial score (nSPS) is 17.4. The van der Waals surface area contributed by atoms with E-state index in [4.69, 9.17) is 9.72 Å². The molecule has 0 radical (unpaired) electrons. The molecule has 0 saturated carbocycles. The zero-order chi connectivity index (χ0) is 23.1. The van der Waals surface area contributed by atoms with Crippen molar-refractivity contribution in [3.63, 3.8) is 0 Å². The Morgan fingerprint density at radius 3 is 2.62 bits per heavy atom. The van der Waals surface area contributed by atoms with Gasteiger partial charge < -0.3 is 9.30 Å². The van der Waals surface area contributed by atoms with Crippen LogP contribution in [0.25, 0.3) is 22.5 Å². The van der Waals surface area contributed by atoms with Gasteiger partial charge in [0.05, 0.1) is 18.5 Å². The largest absolute Gasteiger partial charge is 0.496 e. The smallest absolute Gasteiger partial charge is 0.123 e. The number of halogens is 1. The first-order chi connectivity index (χ1) is 16.7.